The first-order valence-electron chi connectivity index (χ1n) is 9.97. The molecule has 1 N–H and O–H groups in total. The number of para-hydroxylation sites is 1. The van der Waals surface area contributed by atoms with Crippen molar-refractivity contribution < 1.29 is 9.59 Å². The van der Waals surface area contributed by atoms with Crippen molar-refractivity contribution >= 4 is 40.1 Å². The number of carbonyl (C=O) groups is 2. The second-order valence-electron chi connectivity index (χ2n) is 7.25. The molecule has 1 aliphatic rings. The van der Waals surface area contributed by atoms with E-state index >= 15 is 0 Å². The highest BCUT2D eigenvalue weighted by atomic mass is 32.2. The van der Waals surface area contributed by atoms with Crippen LogP contribution < -0.4 is 5.32 Å². The fourth-order valence-corrected chi connectivity index (χ4v) is 4.24. The van der Waals surface area contributed by atoms with Gasteiger partial charge >= 0.3 is 0 Å². The molecule has 0 saturated carbocycles. The minimum absolute atomic E-state index is 0.0331. The van der Waals surface area contributed by atoms with E-state index in [1.807, 2.05) is 62.4 Å². The van der Waals surface area contributed by atoms with Gasteiger partial charge in [-0.2, -0.15) is 0 Å². The Morgan fingerprint density at radius 1 is 1.14 bits per heavy atom. The smallest absolute Gasteiger partial charge is 0.242 e. The Bertz CT molecular complexity index is 909. The van der Waals surface area contributed by atoms with Crippen molar-refractivity contribution in [3.05, 3.63) is 59.7 Å². The number of anilines is 1. The molecule has 0 radical (unpaired) electrons. The number of amides is 2. The zero-order chi connectivity index (χ0) is 20.8. The fourth-order valence-electron chi connectivity index (χ4n) is 3.06. The van der Waals surface area contributed by atoms with E-state index < -0.39 is 5.25 Å². The highest BCUT2D eigenvalue weighted by molar-refractivity contribution is 8.15. The van der Waals surface area contributed by atoms with E-state index in [4.69, 9.17) is 4.99 Å². The average Bonchev–Trinajstić information content (AvgIpc) is 2.98. The van der Waals surface area contributed by atoms with Crippen LogP contribution in [0.5, 0.6) is 0 Å². The number of hydrogen-bond acceptors (Lipinski definition) is 4. The topological polar surface area (TPSA) is 61.8 Å². The number of aliphatic imine (C=N–C) groups is 1. The van der Waals surface area contributed by atoms with Crippen molar-refractivity contribution in [3.8, 4) is 0 Å². The number of rotatable bonds is 7. The van der Waals surface area contributed by atoms with E-state index in [1.54, 1.807) is 4.90 Å². The summed E-state index contributed by atoms with van der Waals surface area (Å²) < 4.78 is 0. The van der Waals surface area contributed by atoms with Crippen LogP contribution in [-0.2, 0) is 9.59 Å². The number of nitrogens with one attached hydrogen (secondary N) is 1. The van der Waals surface area contributed by atoms with E-state index in [0.717, 1.165) is 35.3 Å². The second kappa shape index (κ2) is 9.74. The van der Waals surface area contributed by atoms with Crippen LogP contribution in [0.2, 0.25) is 0 Å². The van der Waals surface area contributed by atoms with E-state index in [1.165, 1.54) is 11.8 Å². The number of carbonyl (C=O) groups excluding carboxylic acids is 2. The minimum atomic E-state index is -0.444. The number of thioether (sulfide) groups is 1. The Balaban J connectivity index is 1.74. The molecular formula is C23H27N3O2S. The van der Waals surface area contributed by atoms with Gasteiger partial charge in [-0.1, -0.05) is 61.0 Å². The predicted octanol–water partition coefficient (Wildman–Crippen LogP) is 5.06. The molecule has 1 atom stereocenters. The molecule has 1 heterocycles. The lowest BCUT2D eigenvalue weighted by molar-refractivity contribution is -0.128. The molecule has 0 aromatic heterocycles. The predicted molar refractivity (Wildman–Crippen MR) is 121 cm³/mol. The summed E-state index contributed by atoms with van der Waals surface area (Å²) in [6.45, 7) is 6.70. The first-order valence-corrected chi connectivity index (χ1v) is 10.8. The van der Waals surface area contributed by atoms with E-state index in [2.05, 4.69) is 12.2 Å². The maximum atomic E-state index is 13.0. The van der Waals surface area contributed by atoms with Gasteiger partial charge in [-0.25, -0.2) is 4.99 Å². The Morgan fingerprint density at radius 3 is 2.55 bits per heavy atom. The summed E-state index contributed by atoms with van der Waals surface area (Å²) in [7, 11) is 0. The van der Waals surface area contributed by atoms with E-state index in [0.29, 0.717) is 11.7 Å². The number of amidine groups is 1. The molecule has 5 nitrogen and oxygen atoms in total. The molecule has 2 aromatic carbocycles. The number of aryl methyl sites for hydroxylation is 2. The summed E-state index contributed by atoms with van der Waals surface area (Å²) in [6, 6.07) is 15.5. The second-order valence-corrected chi connectivity index (χ2v) is 8.42. The van der Waals surface area contributed by atoms with E-state index in [-0.39, 0.29) is 18.2 Å². The molecule has 0 unspecified atom stereocenters. The third-order valence-electron chi connectivity index (χ3n) is 4.80. The van der Waals surface area contributed by atoms with Crippen LogP contribution in [0.4, 0.5) is 11.4 Å². The first kappa shape index (κ1) is 21.1. The van der Waals surface area contributed by atoms with Crippen LogP contribution in [0, 0.1) is 13.8 Å². The molecule has 2 aromatic rings. The lowest BCUT2D eigenvalue weighted by Gasteiger charge is -2.16. The Morgan fingerprint density at radius 2 is 1.86 bits per heavy atom. The van der Waals surface area contributed by atoms with E-state index in [9.17, 15) is 9.59 Å². The SMILES string of the molecule is CCCCN1C(=O)[C@@H](CC(=O)Nc2ccccc2C)SC1=Nc1ccc(C)cc1. The number of benzene rings is 2. The normalized spacial score (nSPS) is 17.8. The monoisotopic (exact) mass is 409 g/mol. The van der Waals surface area contributed by atoms with Gasteiger partial charge in [-0.05, 0) is 44.0 Å². The molecule has 1 saturated heterocycles. The van der Waals surface area contributed by atoms with Crippen molar-refractivity contribution in [2.45, 2.75) is 45.3 Å². The summed E-state index contributed by atoms with van der Waals surface area (Å²) >= 11 is 1.38. The van der Waals surface area contributed by atoms with Gasteiger partial charge in [0.05, 0.1) is 5.69 Å². The Hall–Kier alpha value is -2.60. The summed E-state index contributed by atoms with van der Waals surface area (Å²) in [5.74, 6) is -0.188. The van der Waals surface area contributed by atoms with Gasteiger partial charge in [0.2, 0.25) is 11.8 Å². The van der Waals surface area contributed by atoms with Crippen molar-refractivity contribution in [3.63, 3.8) is 0 Å². The summed E-state index contributed by atoms with van der Waals surface area (Å²) in [5, 5.41) is 3.16. The van der Waals surface area contributed by atoms with Crippen LogP contribution in [-0.4, -0.2) is 33.7 Å². The van der Waals surface area contributed by atoms with Crippen LogP contribution in [0.25, 0.3) is 0 Å². The Kier molecular flexibility index (Phi) is 7.09. The number of nitrogens with zero attached hydrogens (tertiary/aromatic N) is 2. The summed E-state index contributed by atoms with van der Waals surface area (Å²) in [4.78, 5) is 31.9. The lowest BCUT2D eigenvalue weighted by atomic mass is 10.2. The largest absolute Gasteiger partial charge is 0.326 e. The first-order chi connectivity index (χ1) is 14.0. The highest BCUT2D eigenvalue weighted by Gasteiger charge is 2.38. The third-order valence-corrected chi connectivity index (χ3v) is 5.98. The molecule has 0 spiro atoms. The molecule has 6 heteroatoms. The number of hydrogen-bond donors (Lipinski definition) is 1. The maximum absolute atomic E-state index is 13.0. The Labute approximate surface area is 176 Å². The van der Waals surface area contributed by atoms with Crippen molar-refractivity contribution in [1.82, 2.24) is 4.90 Å². The number of unbranched alkanes of at least 4 members (excludes halogenated alkanes) is 1. The molecule has 3 rings (SSSR count). The van der Waals surface area contributed by atoms with Gasteiger partial charge < -0.3 is 5.32 Å². The van der Waals surface area contributed by atoms with Gasteiger partial charge in [0.1, 0.15) is 5.25 Å². The molecule has 0 aliphatic carbocycles. The lowest BCUT2D eigenvalue weighted by Crippen LogP contribution is -2.34. The van der Waals surface area contributed by atoms with Crippen LogP contribution in [0.15, 0.2) is 53.5 Å². The summed E-state index contributed by atoms with van der Waals surface area (Å²) in [5.41, 5.74) is 3.76. The maximum Gasteiger partial charge on any atom is 0.242 e. The van der Waals surface area contributed by atoms with Gasteiger partial charge in [0.25, 0.3) is 0 Å². The molecule has 29 heavy (non-hydrogen) atoms. The average molecular weight is 410 g/mol. The van der Waals surface area contributed by atoms with Gasteiger partial charge in [-0.15, -0.1) is 0 Å². The molecular weight excluding hydrogens is 382 g/mol. The molecule has 2 amide bonds. The van der Waals surface area contributed by atoms with Crippen LogP contribution in [0.3, 0.4) is 0 Å². The molecule has 152 valence electrons. The van der Waals surface area contributed by atoms with Crippen molar-refractivity contribution in [1.29, 1.82) is 0 Å². The van der Waals surface area contributed by atoms with Crippen molar-refractivity contribution in [2.24, 2.45) is 4.99 Å². The highest BCUT2D eigenvalue weighted by Crippen LogP contribution is 2.32. The van der Waals surface area contributed by atoms with Crippen molar-refractivity contribution in [2.75, 3.05) is 11.9 Å². The minimum Gasteiger partial charge on any atom is -0.326 e. The fraction of sp³-hybridized carbons (Fsp3) is 0.348. The standard InChI is InChI=1S/C23H27N3O2S/c1-4-5-14-26-22(28)20(15-21(27)25-19-9-7-6-8-17(19)3)29-23(26)24-18-12-10-16(2)11-13-18/h6-13,20H,4-5,14-15H2,1-3H3,(H,25,27)/t20-/m1/s1. The van der Waals surface area contributed by atoms with Crippen LogP contribution in [0.1, 0.15) is 37.3 Å². The van der Waals surface area contributed by atoms with Gasteiger partial charge in [0, 0.05) is 18.7 Å². The zero-order valence-electron chi connectivity index (χ0n) is 17.1. The molecule has 1 fully saturated rings. The quantitative estimate of drug-likeness (QED) is 0.695. The zero-order valence-corrected chi connectivity index (χ0v) is 18.0. The van der Waals surface area contributed by atoms with Crippen LogP contribution >= 0.6 is 11.8 Å². The van der Waals surface area contributed by atoms with Gasteiger partial charge in [-0.3, -0.25) is 14.5 Å². The van der Waals surface area contributed by atoms with Gasteiger partial charge in [0.15, 0.2) is 5.17 Å². The summed E-state index contributed by atoms with van der Waals surface area (Å²) in [6.07, 6.45) is 2.03. The molecule has 1 aliphatic heterocycles. The third kappa shape index (κ3) is 5.48. The molecule has 0 bridgehead atoms.